The molecule has 1 amide bonds. The summed E-state index contributed by atoms with van der Waals surface area (Å²) < 4.78 is 32.9. The van der Waals surface area contributed by atoms with Crippen LogP contribution < -0.4 is 14.8 Å². The molecule has 2 N–H and O–H groups in total. The van der Waals surface area contributed by atoms with Crippen molar-refractivity contribution in [1.82, 2.24) is 0 Å². The Morgan fingerprint density at radius 2 is 1.62 bits per heavy atom. The zero-order chi connectivity index (χ0) is 21.0. The number of ether oxygens (including phenoxy) is 1. The van der Waals surface area contributed by atoms with Gasteiger partial charge in [-0.25, -0.2) is 8.42 Å². The lowest BCUT2D eigenvalue weighted by Crippen LogP contribution is -2.18. The van der Waals surface area contributed by atoms with E-state index in [1.54, 1.807) is 24.3 Å². The second-order valence-electron chi connectivity index (χ2n) is 5.94. The van der Waals surface area contributed by atoms with E-state index in [0.717, 1.165) is 0 Å². The van der Waals surface area contributed by atoms with Crippen LogP contribution >= 0.6 is 23.2 Å². The van der Waals surface area contributed by atoms with Crippen molar-refractivity contribution in [2.45, 2.75) is 4.90 Å². The Bertz CT molecular complexity index is 1150. The van der Waals surface area contributed by atoms with Gasteiger partial charge in [-0.05, 0) is 54.6 Å². The van der Waals surface area contributed by atoms with E-state index in [4.69, 9.17) is 27.9 Å². The summed E-state index contributed by atoms with van der Waals surface area (Å²) in [6.45, 7) is 0. The van der Waals surface area contributed by atoms with Crippen molar-refractivity contribution in [2.24, 2.45) is 0 Å². The molecular weight excluding hydrogens is 435 g/mol. The lowest BCUT2D eigenvalue weighted by atomic mass is 10.1. The average molecular weight is 451 g/mol. The number of benzene rings is 3. The molecule has 3 aromatic carbocycles. The predicted octanol–water partition coefficient (Wildman–Crippen LogP) is 5.06. The van der Waals surface area contributed by atoms with Crippen molar-refractivity contribution >= 4 is 50.5 Å². The molecule has 150 valence electrons. The lowest BCUT2D eigenvalue weighted by molar-refractivity contribution is 0.102. The number of rotatable bonds is 6. The first-order valence-corrected chi connectivity index (χ1v) is 10.6. The molecule has 6 nitrogen and oxygen atoms in total. The van der Waals surface area contributed by atoms with Crippen LogP contribution in [0.3, 0.4) is 0 Å². The molecule has 0 fully saturated rings. The quantitative estimate of drug-likeness (QED) is 0.549. The summed E-state index contributed by atoms with van der Waals surface area (Å²) >= 11 is 11.8. The molecule has 0 atom stereocenters. The standard InChI is InChI=1S/C20H16Cl2N2O4S/c1-28-16-4-2-3-15(12-16)23-20(25)18-11-14(22)7-10-19(18)24-29(26,27)17-8-5-13(21)6-9-17/h2-12,24H,1H3,(H,23,25). The van der Waals surface area contributed by atoms with Crippen LogP contribution in [0.25, 0.3) is 0 Å². The van der Waals surface area contributed by atoms with Gasteiger partial charge in [0.1, 0.15) is 5.75 Å². The Balaban J connectivity index is 1.91. The van der Waals surface area contributed by atoms with E-state index in [1.165, 1.54) is 49.6 Å². The number of hydrogen-bond acceptors (Lipinski definition) is 4. The second-order valence-corrected chi connectivity index (χ2v) is 8.49. The third-order valence-corrected chi connectivity index (χ3v) is 5.79. The van der Waals surface area contributed by atoms with E-state index in [-0.39, 0.29) is 21.2 Å². The van der Waals surface area contributed by atoms with E-state index < -0.39 is 15.9 Å². The molecule has 0 saturated heterocycles. The van der Waals surface area contributed by atoms with Crippen LogP contribution in [-0.2, 0) is 10.0 Å². The summed E-state index contributed by atoms with van der Waals surface area (Å²) in [6, 6.07) is 16.8. The minimum Gasteiger partial charge on any atom is -0.497 e. The molecule has 3 aromatic rings. The van der Waals surface area contributed by atoms with Gasteiger partial charge in [-0.3, -0.25) is 9.52 Å². The predicted molar refractivity (Wildman–Crippen MR) is 115 cm³/mol. The van der Waals surface area contributed by atoms with E-state index in [9.17, 15) is 13.2 Å². The van der Waals surface area contributed by atoms with Crippen LogP contribution in [0, 0.1) is 0 Å². The normalized spacial score (nSPS) is 11.0. The molecule has 0 radical (unpaired) electrons. The minimum atomic E-state index is -3.93. The van der Waals surface area contributed by atoms with Crippen LogP contribution in [0.2, 0.25) is 10.0 Å². The summed E-state index contributed by atoms with van der Waals surface area (Å²) in [5, 5.41) is 3.40. The first-order valence-electron chi connectivity index (χ1n) is 8.32. The molecule has 0 aliphatic carbocycles. The highest BCUT2D eigenvalue weighted by Crippen LogP contribution is 2.26. The maximum Gasteiger partial charge on any atom is 0.261 e. The van der Waals surface area contributed by atoms with Crippen molar-refractivity contribution in [3.05, 3.63) is 82.3 Å². The molecule has 0 unspecified atom stereocenters. The maximum absolute atomic E-state index is 12.8. The van der Waals surface area contributed by atoms with Crippen molar-refractivity contribution in [1.29, 1.82) is 0 Å². The van der Waals surface area contributed by atoms with Crippen molar-refractivity contribution in [3.8, 4) is 5.75 Å². The number of methoxy groups -OCH3 is 1. The third-order valence-electron chi connectivity index (χ3n) is 3.92. The molecule has 0 saturated carbocycles. The van der Waals surface area contributed by atoms with Crippen LogP contribution in [0.4, 0.5) is 11.4 Å². The molecule has 0 bridgehead atoms. The van der Waals surface area contributed by atoms with E-state index in [1.807, 2.05) is 0 Å². The number of halogens is 2. The van der Waals surface area contributed by atoms with E-state index in [2.05, 4.69) is 10.0 Å². The van der Waals surface area contributed by atoms with Crippen molar-refractivity contribution in [2.75, 3.05) is 17.1 Å². The van der Waals surface area contributed by atoms with Gasteiger partial charge >= 0.3 is 0 Å². The van der Waals surface area contributed by atoms with Gasteiger partial charge in [-0.1, -0.05) is 29.3 Å². The topological polar surface area (TPSA) is 84.5 Å². The number of carbonyl (C=O) groups is 1. The molecule has 0 spiro atoms. The Labute approximate surface area is 178 Å². The largest absolute Gasteiger partial charge is 0.497 e. The second kappa shape index (κ2) is 8.73. The Kier molecular flexibility index (Phi) is 6.32. The van der Waals surface area contributed by atoms with Gasteiger partial charge in [0.15, 0.2) is 0 Å². The van der Waals surface area contributed by atoms with Crippen LogP contribution in [-0.4, -0.2) is 21.4 Å². The third kappa shape index (κ3) is 5.20. The van der Waals surface area contributed by atoms with Crippen molar-refractivity contribution < 1.29 is 17.9 Å². The number of carbonyl (C=O) groups excluding carboxylic acids is 1. The molecule has 0 aromatic heterocycles. The summed E-state index contributed by atoms with van der Waals surface area (Å²) in [7, 11) is -2.42. The molecule has 9 heteroatoms. The number of amides is 1. The fourth-order valence-electron chi connectivity index (χ4n) is 2.51. The first-order chi connectivity index (χ1) is 13.8. The smallest absolute Gasteiger partial charge is 0.261 e. The van der Waals surface area contributed by atoms with E-state index >= 15 is 0 Å². The Hall–Kier alpha value is -2.74. The highest BCUT2D eigenvalue weighted by atomic mass is 35.5. The fourth-order valence-corrected chi connectivity index (χ4v) is 3.89. The molecule has 0 heterocycles. The maximum atomic E-state index is 12.8. The molecule has 29 heavy (non-hydrogen) atoms. The van der Waals surface area contributed by atoms with Gasteiger partial charge in [0, 0.05) is 21.8 Å². The summed E-state index contributed by atoms with van der Waals surface area (Å²) in [5.74, 6) is 0.0344. The SMILES string of the molecule is COc1cccc(NC(=O)c2cc(Cl)ccc2NS(=O)(=O)c2ccc(Cl)cc2)c1. The highest BCUT2D eigenvalue weighted by molar-refractivity contribution is 7.92. The van der Waals surface area contributed by atoms with Gasteiger partial charge in [0.2, 0.25) is 0 Å². The summed E-state index contributed by atoms with van der Waals surface area (Å²) in [5.41, 5.74) is 0.642. The molecule has 0 aliphatic rings. The van der Waals surface area contributed by atoms with Gasteiger partial charge in [0.05, 0.1) is 23.3 Å². The zero-order valence-electron chi connectivity index (χ0n) is 15.1. The van der Waals surface area contributed by atoms with Gasteiger partial charge in [-0.15, -0.1) is 0 Å². The van der Waals surface area contributed by atoms with Crippen LogP contribution in [0.5, 0.6) is 5.75 Å². The zero-order valence-corrected chi connectivity index (χ0v) is 17.5. The van der Waals surface area contributed by atoms with Crippen LogP contribution in [0.15, 0.2) is 71.6 Å². The van der Waals surface area contributed by atoms with Crippen molar-refractivity contribution in [3.63, 3.8) is 0 Å². The molecule has 3 rings (SSSR count). The number of anilines is 2. The highest BCUT2D eigenvalue weighted by Gasteiger charge is 2.19. The minimum absolute atomic E-state index is 0.0102. The van der Waals surface area contributed by atoms with Gasteiger partial charge in [0.25, 0.3) is 15.9 Å². The molecule has 0 aliphatic heterocycles. The number of hydrogen-bond donors (Lipinski definition) is 2. The lowest BCUT2D eigenvalue weighted by Gasteiger charge is -2.14. The molecular formula is C20H16Cl2N2O4S. The average Bonchev–Trinajstić information content (AvgIpc) is 2.69. The van der Waals surface area contributed by atoms with Crippen LogP contribution in [0.1, 0.15) is 10.4 Å². The van der Waals surface area contributed by atoms with Gasteiger partial charge < -0.3 is 10.1 Å². The number of nitrogens with one attached hydrogen (secondary N) is 2. The van der Waals surface area contributed by atoms with Gasteiger partial charge in [-0.2, -0.15) is 0 Å². The Morgan fingerprint density at radius 3 is 2.31 bits per heavy atom. The monoisotopic (exact) mass is 450 g/mol. The summed E-state index contributed by atoms with van der Waals surface area (Å²) in [4.78, 5) is 12.8. The first kappa shape index (κ1) is 21.0. The fraction of sp³-hybridized carbons (Fsp3) is 0.0500. The van der Waals surface area contributed by atoms with E-state index in [0.29, 0.717) is 16.5 Å². The summed E-state index contributed by atoms with van der Waals surface area (Å²) in [6.07, 6.45) is 0. The Morgan fingerprint density at radius 1 is 0.931 bits per heavy atom. The number of sulfonamides is 1.